The first kappa shape index (κ1) is 19.1. The number of benzene rings is 2. The van der Waals surface area contributed by atoms with Crippen molar-refractivity contribution < 1.29 is 9.47 Å². The molecule has 0 fully saturated rings. The lowest BCUT2D eigenvalue weighted by Gasteiger charge is -2.21. The largest absolute Gasteiger partial charge is 0.491 e. The van der Waals surface area contributed by atoms with Crippen LogP contribution in [0.25, 0.3) is 11.1 Å². The number of ether oxygens (including phenoxy) is 2. The van der Waals surface area contributed by atoms with Crippen LogP contribution in [0.1, 0.15) is 48.5 Å². The van der Waals surface area contributed by atoms with E-state index in [0.29, 0.717) is 0 Å². The van der Waals surface area contributed by atoms with Gasteiger partial charge in [0.15, 0.2) is 0 Å². The molecule has 0 aliphatic carbocycles. The molecule has 0 saturated carbocycles. The Balaban J connectivity index is 0.00000127. The van der Waals surface area contributed by atoms with E-state index in [4.69, 9.17) is 9.47 Å². The minimum Gasteiger partial charge on any atom is -0.491 e. The summed E-state index contributed by atoms with van der Waals surface area (Å²) in [6, 6.07) is 16.4. The van der Waals surface area contributed by atoms with Gasteiger partial charge in [-0.2, -0.15) is 0 Å². The van der Waals surface area contributed by atoms with Crippen molar-refractivity contribution in [3.8, 4) is 22.6 Å². The van der Waals surface area contributed by atoms with E-state index >= 15 is 0 Å². The summed E-state index contributed by atoms with van der Waals surface area (Å²) < 4.78 is 11.5. The highest BCUT2D eigenvalue weighted by atomic mass is 16.5. The van der Waals surface area contributed by atoms with Gasteiger partial charge in [0.05, 0.1) is 6.10 Å². The fourth-order valence-electron chi connectivity index (χ4n) is 2.07. The molecule has 0 unspecified atom stereocenters. The molecule has 23 heavy (non-hydrogen) atoms. The molecule has 0 saturated heterocycles. The van der Waals surface area contributed by atoms with E-state index in [1.165, 1.54) is 11.1 Å². The predicted molar refractivity (Wildman–Crippen MR) is 99.4 cm³/mol. The second kappa shape index (κ2) is 8.61. The van der Waals surface area contributed by atoms with Crippen LogP contribution in [0.2, 0.25) is 0 Å². The zero-order valence-corrected chi connectivity index (χ0v) is 15.5. The Kier molecular flexibility index (Phi) is 7.15. The van der Waals surface area contributed by atoms with Gasteiger partial charge >= 0.3 is 0 Å². The molecule has 0 heterocycles. The standard InChI is InChI=1S/C19H24O2.C2H6/c1-14(2)20-17-10-6-15(7-11-17)16-8-12-18(13-9-16)21-19(3,4)5;1-2/h6-14H,1-5H3;1-2H3. The molecule has 0 aliphatic heterocycles. The van der Waals surface area contributed by atoms with E-state index in [-0.39, 0.29) is 11.7 Å². The molecule has 2 heteroatoms. The number of hydrogen-bond acceptors (Lipinski definition) is 2. The van der Waals surface area contributed by atoms with Crippen molar-refractivity contribution in [3.05, 3.63) is 48.5 Å². The summed E-state index contributed by atoms with van der Waals surface area (Å²) in [6.45, 7) is 14.2. The van der Waals surface area contributed by atoms with E-state index in [1.54, 1.807) is 0 Å². The lowest BCUT2D eigenvalue weighted by molar-refractivity contribution is 0.131. The van der Waals surface area contributed by atoms with Crippen molar-refractivity contribution in [2.24, 2.45) is 0 Å². The molecule has 0 radical (unpaired) electrons. The highest BCUT2D eigenvalue weighted by Crippen LogP contribution is 2.26. The molecule has 2 aromatic rings. The van der Waals surface area contributed by atoms with Gasteiger partial charge in [0, 0.05) is 0 Å². The van der Waals surface area contributed by atoms with Crippen LogP contribution in [-0.4, -0.2) is 11.7 Å². The van der Waals surface area contributed by atoms with Gasteiger partial charge in [-0.1, -0.05) is 38.1 Å². The summed E-state index contributed by atoms with van der Waals surface area (Å²) in [5.41, 5.74) is 2.18. The smallest absolute Gasteiger partial charge is 0.120 e. The van der Waals surface area contributed by atoms with E-state index in [2.05, 4.69) is 24.3 Å². The average Bonchev–Trinajstić information content (AvgIpc) is 2.49. The molecule has 0 aromatic heterocycles. The zero-order valence-electron chi connectivity index (χ0n) is 15.5. The van der Waals surface area contributed by atoms with Crippen molar-refractivity contribution in [1.82, 2.24) is 0 Å². The summed E-state index contributed by atoms with van der Waals surface area (Å²) in [7, 11) is 0. The van der Waals surface area contributed by atoms with E-state index < -0.39 is 0 Å². The third-order valence-corrected chi connectivity index (χ3v) is 2.84. The van der Waals surface area contributed by atoms with Crippen LogP contribution in [0.4, 0.5) is 0 Å². The van der Waals surface area contributed by atoms with Crippen LogP contribution in [-0.2, 0) is 0 Å². The van der Waals surface area contributed by atoms with Crippen LogP contribution < -0.4 is 9.47 Å². The van der Waals surface area contributed by atoms with Crippen LogP contribution in [0, 0.1) is 0 Å². The van der Waals surface area contributed by atoms with Crippen molar-refractivity contribution in [1.29, 1.82) is 0 Å². The van der Waals surface area contributed by atoms with Gasteiger partial charge in [-0.15, -0.1) is 0 Å². The van der Waals surface area contributed by atoms with E-state index in [1.807, 2.05) is 72.7 Å². The first-order chi connectivity index (χ1) is 10.8. The highest BCUT2D eigenvalue weighted by molar-refractivity contribution is 5.64. The van der Waals surface area contributed by atoms with E-state index in [0.717, 1.165) is 11.5 Å². The topological polar surface area (TPSA) is 18.5 Å². The summed E-state index contributed by atoms with van der Waals surface area (Å²) in [4.78, 5) is 0. The molecular weight excluding hydrogens is 284 g/mol. The molecule has 0 atom stereocenters. The lowest BCUT2D eigenvalue weighted by atomic mass is 10.1. The molecule has 2 aromatic carbocycles. The van der Waals surface area contributed by atoms with Crippen LogP contribution in [0.3, 0.4) is 0 Å². The van der Waals surface area contributed by atoms with Crippen molar-refractivity contribution in [3.63, 3.8) is 0 Å². The second-order valence-corrected chi connectivity index (χ2v) is 6.43. The normalized spacial score (nSPS) is 10.8. The molecule has 0 spiro atoms. The molecule has 0 amide bonds. The highest BCUT2D eigenvalue weighted by Gasteiger charge is 2.11. The van der Waals surface area contributed by atoms with Crippen molar-refractivity contribution >= 4 is 0 Å². The maximum atomic E-state index is 5.84. The Labute approximate surface area is 141 Å². The van der Waals surface area contributed by atoms with E-state index in [9.17, 15) is 0 Å². The molecule has 0 N–H and O–H groups in total. The molecule has 126 valence electrons. The maximum absolute atomic E-state index is 5.84. The van der Waals surface area contributed by atoms with Gasteiger partial charge in [0.25, 0.3) is 0 Å². The fourth-order valence-corrected chi connectivity index (χ4v) is 2.07. The molecule has 0 bridgehead atoms. The Hall–Kier alpha value is -1.96. The summed E-state index contributed by atoms with van der Waals surface area (Å²) >= 11 is 0. The SMILES string of the molecule is CC.CC(C)Oc1ccc(-c2ccc(OC(C)(C)C)cc2)cc1. The Morgan fingerprint density at radius 1 is 0.696 bits per heavy atom. The third kappa shape index (κ3) is 6.77. The average molecular weight is 314 g/mol. The van der Waals surface area contributed by atoms with Crippen LogP contribution in [0.5, 0.6) is 11.5 Å². The van der Waals surface area contributed by atoms with Crippen molar-refractivity contribution in [2.75, 3.05) is 0 Å². The Morgan fingerprint density at radius 3 is 1.43 bits per heavy atom. The fraction of sp³-hybridized carbons (Fsp3) is 0.429. The minimum absolute atomic E-state index is 0.169. The van der Waals surface area contributed by atoms with Gasteiger partial charge in [-0.3, -0.25) is 0 Å². The number of hydrogen-bond donors (Lipinski definition) is 0. The Bertz CT molecular complexity index is 560. The van der Waals surface area contributed by atoms with Crippen LogP contribution in [0.15, 0.2) is 48.5 Å². The Morgan fingerprint density at radius 2 is 1.09 bits per heavy atom. The predicted octanol–water partition coefficient (Wildman–Crippen LogP) is 6.34. The zero-order chi connectivity index (χ0) is 17.5. The molecular formula is C21H30O2. The van der Waals surface area contributed by atoms with Gasteiger partial charge in [0.1, 0.15) is 17.1 Å². The van der Waals surface area contributed by atoms with Crippen molar-refractivity contribution in [2.45, 2.75) is 60.2 Å². The minimum atomic E-state index is -0.169. The first-order valence-electron chi connectivity index (χ1n) is 8.40. The number of rotatable bonds is 4. The van der Waals surface area contributed by atoms with Gasteiger partial charge in [-0.25, -0.2) is 0 Å². The first-order valence-corrected chi connectivity index (χ1v) is 8.40. The summed E-state index contributed by atoms with van der Waals surface area (Å²) in [5.74, 6) is 1.80. The van der Waals surface area contributed by atoms with Gasteiger partial charge in [0.2, 0.25) is 0 Å². The molecule has 0 aliphatic rings. The van der Waals surface area contributed by atoms with Crippen LogP contribution >= 0.6 is 0 Å². The quantitative estimate of drug-likeness (QED) is 0.655. The third-order valence-electron chi connectivity index (χ3n) is 2.84. The van der Waals surface area contributed by atoms with Gasteiger partial charge in [-0.05, 0) is 70.0 Å². The monoisotopic (exact) mass is 314 g/mol. The lowest BCUT2D eigenvalue weighted by Crippen LogP contribution is -2.22. The summed E-state index contributed by atoms with van der Waals surface area (Å²) in [6.07, 6.45) is 0.199. The van der Waals surface area contributed by atoms with Gasteiger partial charge < -0.3 is 9.47 Å². The summed E-state index contributed by atoms with van der Waals surface area (Å²) in [5, 5.41) is 0. The maximum Gasteiger partial charge on any atom is 0.120 e. The second-order valence-electron chi connectivity index (χ2n) is 6.43. The molecule has 2 nitrogen and oxygen atoms in total. The molecule has 2 rings (SSSR count).